The van der Waals surface area contributed by atoms with Gasteiger partial charge in [-0.2, -0.15) is 5.10 Å². The van der Waals surface area contributed by atoms with E-state index in [0.29, 0.717) is 0 Å². The van der Waals surface area contributed by atoms with Crippen molar-refractivity contribution >= 4 is 5.52 Å². The van der Waals surface area contributed by atoms with E-state index in [2.05, 4.69) is 15.5 Å². The SMILES string of the molecule is NNC(c1ccco1)c1cnn2ccncc12. The van der Waals surface area contributed by atoms with Crippen molar-refractivity contribution in [1.82, 2.24) is 20.0 Å². The second-order valence-electron chi connectivity index (χ2n) is 3.62. The fourth-order valence-electron chi connectivity index (χ4n) is 1.86. The molecule has 3 heterocycles. The van der Waals surface area contributed by atoms with Crippen LogP contribution in [-0.2, 0) is 0 Å². The molecule has 0 amide bonds. The van der Waals surface area contributed by atoms with Crippen molar-refractivity contribution in [2.45, 2.75) is 6.04 Å². The second kappa shape index (κ2) is 4.00. The third-order valence-electron chi connectivity index (χ3n) is 2.66. The quantitative estimate of drug-likeness (QED) is 0.514. The summed E-state index contributed by atoms with van der Waals surface area (Å²) in [6, 6.07) is 3.46. The van der Waals surface area contributed by atoms with Crippen LogP contribution in [0.4, 0.5) is 0 Å². The summed E-state index contributed by atoms with van der Waals surface area (Å²) in [5.74, 6) is 6.32. The number of hydrogen-bond acceptors (Lipinski definition) is 5. The van der Waals surface area contributed by atoms with Crippen molar-refractivity contribution in [1.29, 1.82) is 0 Å². The molecule has 17 heavy (non-hydrogen) atoms. The number of nitrogens with one attached hydrogen (secondary N) is 1. The minimum atomic E-state index is -0.230. The number of aromatic nitrogens is 3. The summed E-state index contributed by atoms with van der Waals surface area (Å²) in [4.78, 5) is 4.08. The smallest absolute Gasteiger partial charge is 0.126 e. The molecule has 3 rings (SSSR count). The van der Waals surface area contributed by atoms with Gasteiger partial charge in [0.15, 0.2) is 0 Å². The van der Waals surface area contributed by atoms with Gasteiger partial charge in [0, 0.05) is 18.0 Å². The maximum atomic E-state index is 5.58. The average molecular weight is 229 g/mol. The van der Waals surface area contributed by atoms with Crippen molar-refractivity contribution in [3.63, 3.8) is 0 Å². The van der Waals surface area contributed by atoms with Crippen molar-refractivity contribution in [3.8, 4) is 0 Å². The minimum absolute atomic E-state index is 0.230. The molecule has 0 aliphatic heterocycles. The summed E-state index contributed by atoms with van der Waals surface area (Å²) in [5, 5.41) is 4.24. The van der Waals surface area contributed by atoms with Gasteiger partial charge >= 0.3 is 0 Å². The predicted octanol–water partition coefficient (Wildman–Crippen LogP) is 0.875. The molecule has 3 N–H and O–H groups in total. The summed E-state index contributed by atoms with van der Waals surface area (Å²) in [5.41, 5.74) is 4.55. The molecule has 86 valence electrons. The van der Waals surface area contributed by atoms with Gasteiger partial charge in [-0.15, -0.1) is 0 Å². The summed E-state index contributed by atoms with van der Waals surface area (Å²) in [6.07, 6.45) is 8.58. The van der Waals surface area contributed by atoms with E-state index < -0.39 is 0 Å². The molecule has 0 saturated carbocycles. The van der Waals surface area contributed by atoms with Crippen molar-refractivity contribution in [2.24, 2.45) is 5.84 Å². The first-order valence-electron chi connectivity index (χ1n) is 5.17. The van der Waals surface area contributed by atoms with Gasteiger partial charge in [0.25, 0.3) is 0 Å². The average Bonchev–Trinajstić information content (AvgIpc) is 3.01. The van der Waals surface area contributed by atoms with Crippen LogP contribution in [0.3, 0.4) is 0 Å². The molecular formula is C11H11N5O. The third-order valence-corrected chi connectivity index (χ3v) is 2.66. The number of nitrogens with two attached hydrogens (primary N) is 1. The predicted molar refractivity (Wildman–Crippen MR) is 60.9 cm³/mol. The first-order valence-corrected chi connectivity index (χ1v) is 5.17. The van der Waals surface area contributed by atoms with Crippen LogP contribution in [0.15, 0.2) is 47.6 Å². The van der Waals surface area contributed by atoms with E-state index in [-0.39, 0.29) is 6.04 Å². The Labute approximate surface area is 97.0 Å². The molecule has 0 spiro atoms. The van der Waals surface area contributed by atoms with Crippen LogP contribution in [0.25, 0.3) is 5.52 Å². The highest BCUT2D eigenvalue weighted by Gasteiger charge is 2.19. The third kappa shape index (κ3) is 1.59. The molecule has 6 nitrogen and oxygen atoms in total. The maximum absolute atomic E-state index is 5.58. The van der Waals surface area contributed by atoms with Gasteiger partial charge in [0.05, 0.1) is 24.2 Å². The van der Waals surface area contributed by atoms with Crippen LogP contribution in [0, 0.1) is 0 Å². The van der Waals surface area contributed by atoms with Crippen LogP contribution in [0.1, 0.15) is 17.4 Å². The lowest BCUT2D eigenvalue weighted by Crippen LogP contribution is -2.28. The molecule has 0 bridgehead atoms. The highest BCUT2D eigenvalue weighted by molar-refractivity contribution is 5.54. The first kappa shape index (κ1) is 10.0. The van der Waals surface area contributed by atoms with Gasteiger partial charge in [-0.05, 0) is 12.1 Å². The lowest BCUT2D eigenvalue weighted by Gasteiger charge is -2.11. The maximum Gasteiger partial charge on any atom is 0.126 e. The zero-order chi connectivity index (χ0) is 11.7. The largest absolute Gasteiger partial charge is 0.467 e. The molecule has 0 aromatic carbocycles. The van der Waals surface area contributed by atoms with Crippen LogP contribution in [0.5, 0.6) is 0 Å². The Balaban J connectivity index is 2.13. The standard InChI is InChI=1S/C11H11N5O/c12-15-11(10-2-1-5-17-10)8-6-14-16-4-3-13-7-9(8)16/h1-7,11,15H,12H2. The van der Waals surface area contributed by atoms with Crippen LogP contribution >= 0.6 is 0 Å². The summed E-state index contributed by atoms with van der Waals surface area (Å²) in [7, 11) is 0. The highest BCUT2D eigenvalue weighted by Crippen LogP contribution is 2.24. The fourth-order valence-corrected chi connectivity index (χ4v) is 1.86. The second-order valence-corrected chi connectivity index (χ2v) is 3.62. The Bertz CT molecular complexity index is 616. The molecule has 1 unspecified atom stereocenters. The Hall–Kier alpha value is -2.18. The van der Waals surface area contributed by atoms with E-state index in [1.165, 1.54) is 0 Å². The van der Waals surface area contributed by atoms with Gasteiger partial charge in [0.2, 0.25) is 0 Å². The number of hydrogen-bond donors (Lipinski definition) is 2. The monoisotopic (exact) mass is 229 g/mol. The molecule has 1 atom stereocenters. The van der Waals surface area contributed by atoms with E-state index in [1.54, 1.807) is 35.6 Å². The van der Waals surface area contributed by atoms with E-state index in [0.717, 1.165) is 16.8 Å². The molecule has 6 heteroatoms. The summed E-state index contributed by atoms with van der Waals surface area (Å²) >= 11 is 0. The molecule has 0 aliphatic carbocycles. The molecular weight excluding hydrogens is 218 g/mol. The molecule has 3 aromatic rings. The lowest BCUT2D eigenvalue weighted by molar-refractivity contribution is 0.453. The number of rotatable bonds is 3. The van der Waals surface area contributed by atoms with Crippen molar-refractivity contribution in [2.75, 3.05) is 0 Å². The molecule has 0 radical (unpaired) electrons. The number of furan rings is 1. The molecule has 0 saturated heterocycles. The van der Waals surface area contributed by atoms with E-state index in [9.17, 15) is 0 Å². The normalized spacial score (nSPS) is 13.0. The van der Waals surface area contributed by atoms with E-state index in [1.807, 2.05) is 12.1 Å². The number of nitrogens with zero attached hydrogens (tertiary/aromatic N) is 3. The molecule has 0 fully saturated rings. The minimum Gasteiger partial charge on any atom is -0.467 e. The van der Waals surface area contributed by atoms with Crippen LogP contribution in [-0.4, -0.2) is 14.6 Å². The van der Waals surface area contributed by atoms with Gasteiger partial charge in [-0.3, -0.25) is 10.8 Å². The van der Waals surface area contributed by atoms with E-state index >= 15 is 0 Å². The number of fused-ring (bicyclic) bond motifs is 1. The summed E-state index contributed by atoms with van der Waals surface area (Å²) < 4.78 is 7.10. The fraction of sp³-hybridized carbons (Fsp3) is 0.0909. The van der Waals surface area contributed by atoms with Crippen molar-refractivity contribution in [3.05, 3.63) is 54.5 Å². The first-order chi connectivity index (χ1) is 8.40. The van der Waals surface area contributed by atoms with Crippen LogP contribution < -0.4 is 11.3 Å². The highest BCUT2D eigenvalue weighted by atomic mass is 16.3. The van der Waals surface area contributed by atoms with Gasteiger partial charge in [0.1, 0.15) is 11.8 Å². The summed E-state index contributed by atoms with van der Waals surface area (Å²) in [6.45, 7) is 0. The van der Waals surface area contributed by atoms with Crippen molar-refractivity contribution < 1.29 is 4.42 Å². The zero-order valence-corrected chi connectivity index (χ0v) is 8.95. The number of hydrazine groups is 1. The Kier molecular flexibility index (Phi) is 2.36. The lowest BCUT2D eigenvalue weighted by atomic mass is 10.1. The molecule has 0 aliphatic rings. The van der Waals surface area contributed by atoms with Gasteiger partial charge in [-0.1, -0.05) is 0 Å². The van der Waals surface area contributed by atoms with Gasteiger partial charge in [-0.25, -0.2) is 9.94 Å². The van der Waals surface area contributed by atoms with Gasteiger partial charge < -0.3 is 4.42 Å². The molecule has 3 aromatic heterocycles. The topological polar surface area (TPSA) is 81.4 Å². The Morgan fingerprint density at radius 3 is 3.12 bits per heavy atom. The zero-order valence-electron chi connectivity index (χ0n) is 8.95. The Morgan fingerprint density at radius 2 is 2.35 bits per heavy atom. The Morgan fingerprint density at radius 1 is 1.41 bits per heavy atom. The van der Waals surface area contributed by atoms with Crippen LogP contribution in [0.2, 0.25) is 0 Å². The van der Waals surface area contributed by atoms with E-state index in [4.69, 9.17) is 10.3 Å².